The van der Waals surface area contributed by atoms with E-state index in [9.17, 15) is 14.9 Å². The van der Waals surface area contributed by atoms with Gasteiger partial charge in [0.1, 0.15) is 0 Å². The Kier molecular flexibility index (Phi) is 5.20. The summed E-state index contributed by atoms with van der Waals surface area (Å²) in [6, 6.07) is 18.2. The van der Waals surface area contributed by atoms with Gasteiger partial charge in [0, 0.05) is 28.8 Å². The first-order chi connectivity index (χ1) is 16.0. The SMILES string of the molecule is COc1ccc(-c2nc3sccn3c2C=CC(=O)c2ccc3ccccc3c2)cc1[N+](=O)[O-]. The number of hydrogen-bond donors (Lipinski definition) is 0. The molecule has 0 fully saturated rings. The predicted molar refractivity (Wildman–Crippen MR) is 129 cm³/mol. The predicted octanol–water partition coefficient (Wildman–Crippen LogP) is 6.03. The van der Waals surface area contributed by atoms with Crippen LogP contribution < -0.4 is 4.74 Å². The van der Waals surface area contributed by atoms with E-state index in [0.29, 0.717) is 22.5 Å². The second kappa shape index (κ2) is 8.33. The van der Waals surface area contributed by atoms with Gasteiger partial charge in [-0.1, -0.05) is 36.4 Å². The minimum absolute atomic E-state index is 0.141. The molecule has 0 saturated carbocycles. The number of nitro groups is 1. The van der Waals surface area contributed by atoms with Crippen molar-refractivity contribution in [3.05, 3.63) is 99.7 Å². The molecular weight excluding hydrogens is 438 g/mol. The molecule has 5 aromatic rings. The number of nitro benzene ring substituents is 1. The zero-order chi connectivity index (χ0) is 22.9. The van der Waals surface area contributed by atoms with Crippen molar-refractivity contribution in [3.63, 3.8) is 0 Å². The number of aromatic nitrogens is 2. The fourth-order valence-electron chi connectivity index (χ4n) is 3.75. The van der Waals surface area contributed by atoms with Crippen LogP contribution in [0.2, 0.25) is 0 Å². The van der Waals surface area contributed by atoms with Crippen LogP contribution in [0, 0.1) is 10.1 Å². The lowest BCUT2D eigenvalue weighted by Crippen LogP contribution is -1.96. The molecule has 0 unspecified atom stereocenters. The fraction of sp³-hybridized carbons (Fsp3) is 0.0400. The highest BCUT2D eigenvalue weighted by Gasteiger charge is 2.20. The number of imidazole rings is 1. The van der Waals surface area contributed by atoms with E-state index in [1.807, 2.05) is 52.4 Å². The minimum Gasteiger partial charge on any atom is -0.490 e. The first-order valence-corrected chi connectivity index (χ1v) is 10.9. The monoisotopic (exact) mass is 455 g/mol. The van der Waals surface area contributed by atoms with Gasteiger partial charge in [-0.2, -0.15) is 0 Å². The van der Waals surface area contributed by atoms with Crippen molar-refractivity contribution in [2.24, 2.45) is 0 Å². The molecule has 0 aliphatic heterocycles. The van der Waals surface area contributed by atoms with Crippen LogP contribution in [0.1, 0.15) is 16.1 Å². The molecule has 0 bridgehead atoms. The second-order valence-corrected chi connectivity index (χ2v) is 8.18. The number of methoxy groups -OCH3 is 1. The third kappa shape index (κ3) is 3.77. The molecule has 8 heteroatoms. The van der Waals surface area contributed by atoms with Crippen molar-refractivity contribution >= 4 is 44.6 Å². The van der Waals surface area contributed by atoms with E-state index in [1.165, 1.54) is 30.6 Å². The molecule has 0 N–H and O–H groups in total. The molecule has 0 aliphatic rings. The average Bonchev–Trinajstić information content (AvgIpc) is 3.43. The molecule has 0 aliphatic carbocycles. The number of ether oxygens (including phenoxy) is 1. The molecule has 0 atom stereocenters. The van der Waals surface area contributed by atoms with Crippen molar-refractivity contribution in [1.82, 2.24) is 9.38 Å². The maximum Gasteiger partial charge on any atom is 0.311 e. The number of hydrogen-bond acceptors (Lipinski definition) is 6. The summed E-state index contributed by atoms with van der Waals surface area (Å²) in [5.41, 5.74) is 2.22. The lowest BCUT2D eigenvalue weighted by molar-refractivity contribution is -0.385. The number of nitrogens with zero attached hydrogens (tertiary/aromatic N) is 3. The number of carbonyl (C=O) groups is 1. The molecule has 5 rings (SSSR count). The Balaban J connectivity index is 1.56. The Morgan fingerprint density at radius 3 is 2.73 bits per heavy atom. The third-order valence-corrected chi connectivity index (χ3v) is 6.13. The van der Waals surface area contributed by atoms with Crippen LogP contribution in [0.5, 0.6) is 5.75 Å². The molecule has 7 nitrogen and oxygen atoms in total. The van der Waals surface area contributed by atoms with Gasteiger partial charge in [-0.05, 0) is 41.1 Å². The van der Waals surface area contributed by atoms with Crippen LogP contribution in [-0.4, -0.2) is 27.2 Å². The molecule has 3 aromatic carbocycles. The van der Waals surface area contributed by atoms with E-state index in [1.54, 1.807) is 24.3 Å². The van der Waals surface area contributed by atoms with Crippen molar-refractivity contribution in [2.45, 2.75) is 0 Å². The zero-order valence-corrected chi connectivity index (χ0v) is 18.3. The number of thiazole rings is 1. The van der Waals surface area contributed by atoms with Crippen LogP contribution in [0.25, 0.3) is 33.1 Å². The van der Waals surface area contributed by atoms with Gasteiger partial charge < -0.3 is 4.74 Å². The quantitative estimate of drug-likeness (QED) is 0.135. The summed E-state index contributed by atoms with van der Waals surface area (Å²) in [5, 5.41) is 15.4. The number of benzene rings is 3. The van der Waals surface area contributed by atoms with Gasteiger partial charge in [-0.15, -0.1) is 11.3 Å². The maximum atomic E-state index is 12.9. The first-order valence-electron chi connectivity index (χ1n) is 10.0. The van der Waals surface area contributed by atoms with Crippen molar-refractivity contribution in [3.8, 4) is 17.0 Å². The summed E-state index contributed by atoms with van der Waals surface area (Å²) in [7, 11) is 1.39. The van der Waals surface area contributed by atoms with Crippen molar-refractivity contribution in [2.75, 3.05) is 7.11 Å². The zero-order valence-electron chi connectivity index (χ0n) is 17.5. The third-order valence-electron chi connectivity index (χ3n) is 5.37. The molecule has 2 aromatic heterocycles. The number of fused-ring (bicyclic) bond motifs is 2. The van der Waals surface area contributed by atoms with E-state index in [4.69, 9.17) is 4.74 Å². The topological polar surface area (TPSA) is 86.7 Å². The van der Waals surface area contributed by atoms with E-state index < -0.39 is 4.92 Å². The number of allylic oxidation sites excluding steroid dienone is 1. The van der Waals surface area contributed by atoms with E-state index in [-0.39, 0.29) is 17.2 Å². The van der Waals surface area contributed by atoms with Gasteiger partial charge in [0.15, 0.2) is 16.5 Å². The summed E-state index contributed by atoms with van der Waals surface area (Å²) in [6.07, 6.45) is 5.07. The summed E-state index contributed by atoms with van der Waals surface area (Å²) < 4.78 is 6.97. The second-order valence-electron chi connectivity index (χ2n) is 7.30. The lowest BCUT2D eigenvalue weighted by Gasteiger charge is -2.05. The highest BCUT2D eigenvalue weighted by Crippen LogP contribution is 2.34. The first kappa shape index (κ1) is 20.6. The lowest BCUT2D eigenvalue weighted by atomic mass is 10.0. The maximum absolute atomic E-state index is 12.9. The molecule has 0 saturated heterocycles. The molecule has 33 heavy (non-hydrogen) atoms. The summed E-state index contributed by atoms with van der Waals surface area (Å²) in [5.74, 6) is 0.0333. The summed E-state index contributed by atoms with van der Waals surface area (Å²) in [6.45, 7) is 0. The summed E-state index contributed by atoms with van der Waals surface area (Å²) in [4.78, 5) is 29.3. The van der Waals surface area contributed by atoms with Crippen LogP contribution in [-0.2, 0) is 0 Å². The normalized spacial score (nSPS) is 11.4. The van der Waals surface area contributed by atoms with E-state index in [0.717, 1.165) is 15.7 Å². The Morgan fingerprint density at radius 1 is 1.12 bits per heavy atom. The number of ketones is 1. The van der Waals surface area contributed by atoms with Gasteiger partial charge in [0.05, 0.1) is 23.4 Å². The number of rotatable bonds is 6. The Labute approximate surface area is 192 Å². The van der Waals surface area contributed by atoms with E-state index >= 15 is 0 Å². The Bertz CT molecular complexity index is 1560. The van der Waals surface area contributed by atoms with E-state index in [2.05, 4.69) is 4.98 Å². The van der Waals surface area contributed by atoms with Crippen LogP contribution in [0.3, 0.4) is 0 Å². The summed E-state index contributed by atoms with van der Waals surface area (Å²) >= 11 is 1.44. The van der Waals surface area contributed by atoms with Gasteiger partial charge in [-0.25, -0.2) is 4.98 Å². The number of carbonyl (C=O) groups excluding carboxylic acids is 1. The fourth-order valence-corrected chi connectivity index (χ4v) is 4.47. The molecule has 2 heterocycles. The minimum atomic E-state index is -0.487. The van der Waals surface area contributed by atoms with Gasteiger partial charge in [0.25, 0.3) is 0 Å². The molecular formula is C25H17N3O4S. The highest BCUT2D eigenvalue weighted by atomic mass is 32.1. The molecule has 0 spiro atoms. The van der Waals surface area contributed by atoms with Gasteiger partial charge in [-0.3, -0.25) is 19.3 Å². The molecule has 0 radical (unpaired) electrons. The smallest absolute Gasteiger partial charge is 0.311 e. The van der Waals surface area contributed by atoms with Crippen molar-refractivity contribution < 1.29 is 14.5 Å². The molecule has 0 amide bonds. The molecule has 162 valence electrons. The average molecular weight is 455 g/mol. The van der Waals surface area contributed by atoms with Gasteiger partial charge >= 0.3 is 5.69 Å². The Hall–Kier alpha value is -4.30. The Morgan fingerprint density at radius 2 is 1.94 bits per heavy atom. The largest absolute Gasteiger partial charge is 0.490 e. The highest BCUT2D eigenvalue weighted by molar-refractivity contribution is 7.15. The van der Waals surface area contributed by atoms with Crippen molar-refractivity contribution in [1.29, 1.82) is 0 Å². The standard InChI is InChI=1S/C25H17N3O4S/c1-32-23-11-8-19(15-21(23)28(30)31)24-20(27-12-13-33-25(27)26-24)9-10-22(29)18-7-6-16-4-2-3-5-17(16)14-18/h2-15H,1H3. The van der Waals surface area contributed by atoms with Gasteiger partial charge in [0.2, 0.25) is 0 Å². The van der Waals surface area contributed by atoms with Crippen LogP contribution >= 0.6 is 11.3 Å². The van der Waals surface area contributed by atoms with Crippen LogP contribution in [0.4, 0.5) is 5.69 Å². The van der Waals surface area contributed by atoms with Crippen LogP contribution in [0.15, 0.2) is 78.3 Å².